The zero-order valence-corrected chi connectivity index (χ0v) is 20.0. The topological polar surface area (TPSA) is 87.0 Å². The average Bonchev–Trinajstić information content (AvgIpc) is 3.39. The molecule has 33 heavy (non-hydrogen) atoms. The van der Waals surface area contributed by atoms with Gasteiger partial charge in [-0.3, -0.25) is 0 Å². The van der Waals surface area contributed by atoms with Crippen molar-refractivity contribution in [1.29, 1.82) is 0 Å². The standard InChI is InChI=1S/C23H23ClN6O2.ClH/c1-23(2,3)22-26-20(25-11-14-8-9-17-18(10-14)32-13-31-17)19-21(27-22)30(29-28-19)12-15-6-4-5-7-16(15)24;/h4-10H,11-13H2,1-3H3,(H,25,26,27);1H/p-1. The van der Waals surface area contributed by atoms with E-state index in [-0.39, 0.29) is 24.6 Å². The second-order valence-corrected chi connectivity index (χ2v) is 9.10. The van der Waals surface area contributed by atoms with Crippen LogP contribution in [0, 0.1) is 0 Å². The summed E-state index contributed by atoms with van der Waals surface area (Å²) in [4.78, 5) is 9.58. The zero-order valence-electron chi connectivity index (χ0n) is 18.5. The number of aromatic nitrogens is 5. The van der Waals surface area contributed by atoms with Gasteiger partial charge in [-0.25, -0.2) is 14.6 Å². The predicted octanol–water partition coefficient (Wildman–Crippen LogP) is 1.57. The van der Waals surface area contributed by atoms with Crippen LogP contribution in [0.25, 0.3) is 11.2 Å². The number of hydrogen-bond acceptors (Lipinski definition) is 7. The van der Waals surface area contributed by atoms with Crippen LogP contribution in [0.4, 0.5) is 5.82 Å². The number of benzene rings is 2. The van der Waals surface area contributed by atoms with Gasteiger partial charge in [0.1, 0.15) is 5.82 Å². The Bertz CT molecular complexity index is 1300. The van der Waals surface area contributed by atoms with Crippen LogP contribution in [0.5, 0.6) is 11.5 Å². The van der Waals surface area contributed by atoms with Crippen molar-refractivity contribution < 1.29 is 21.9 Å². The third-order valence-corrected chi connectivity index (χ3v) is 5.58. The molecule has 3 heterocycles. The van der Waals surface area contributed by atoms with Crippen LogP contribution in [0.3, 0.4) is 0 Å². The van der Waals surface area contributed by atoms with Crippen LogP contribution < -0.4 is 27.2 Å². The highest BCUT2D eigenvalue weighted by Crippen LogP contribution is 2.33. The molecule has 5 rings (SSSR count). The molecule has 0 unspecified atom stereocenters. The fraction of sp³-hybridized carbons (Fsp3) is 0.304. The van der Waals surface area contributed by atoms with Crippen molar-refractivity contribution in [2.24, 2.45) is 0 Å². The van der Waals surface area contributed by atoms with E-state index in [4.69, 9.17) is 31.0 Å². The molecule has 0 saturated heterocycles. The first kappa shape index (κ1) is 23.1. The zero-order chi connectivity index (χ0) is 22.3. The van der Waals surface area contributed by atoms with Crippen LogP contribution in [0.15, 0.2) is 42.5 Å². The molecule has 1 aliphatic heterocycles. The van der Waals surface area contributed by atoms with Crippen molar-refractivity contribution in [1.82, 2.24) is 25.0 Å². The Balaban J connectivity index is 0.00000259. The number of fused-ring (bicyclic) bond motifs is 2. The SMILES string of the molecule is CC(C)(C)c1nc(NCc2ccc3c(c2)OCO3)c2nnn(Cc3ccccc3Cl)c2n1.[Cl-]. The monoisotopic (exact) mass is 485 g/mol. The lowest BCUT2D eigenvalue weighted by Crippen LogP contribution is -3.00. The molecule has 2 aromatic heterocycles. The van der Waals surface area contributed by atoms with Crippen molar-refractivity contribution in [3.63, 3.8) is 0 Å². The third kappa shape index (κ3) is 4.67. The van der Waals surface area contributed by atoms with Gasteiger partial charge in [0.15, 0.2) is 28.5 Å². The molecule has 0 bridgehead atoms. The van der Waals surface area contributed by atoms with E-state index in [1.54, 1.807) is 4.68 Å². The Morgan fingerprint density at radius 1 is 1.06 bits per heavy atom. The minimum absolute atomic E-state index is 0. The fourth-order valence-corrected chi connectivity index (χ4v) is 3.64. The molecule has 2 aromatic carbocycles. The van der Waals surface area contributed by atoms with E-state index in [1.807, 2.05) is 42.5 Å². The molecule has 0 saturated carbocycles. The minimum Gasteiger partial charge on any atom is -1.00 e. The van der Waals surface area contributed by atoms with Gasteiger partial charge in [-0.2, -0.15) is 0 Å². The van der Waals surface area contributed by atoms with Gasteiger partial charge in [-0.1, -0.05) is 61.9 Å². The van der Waals surface area contributed by atoms with Gasteiger partial charge in [0.2, 0.25) is 6.79 Å². The van der Waals surface area contributed by atoms with E-state index in [1.165, 1.54) is 0 Å². The maximum atomic E-state index is 6.36. The molecule has 0 spiro atoms. The first-order valence-corrected chi connectivity index (χ1v) is 10.7. The maximum Gasteiger partial charge on any atom is 0.231 e. The summed E-state index contributed by atoms with van der Waals surface area (Å²) in [5.41, 5.74) is 3.03. The number of halogens is 2. The average molecular weight is 486 g/mol. The number of nitrogens with one attached hydrogen (secondary N) is 1. The highest BCUT2D eigenvalue weighted by atomic mass is 35.5. The molecule has 0 radical (unpaired) electrons. The molecular weight excluding hydrogens is 463 g/mol. The lowest BCUT2D eigenvalue weighted by atomic mass is 9.96. The van der Waals surface area contributed by atoms with Gasteiger partial charge < -0.3 is 27.2 Å². The van der Waals surface area contributed by atoms with Crippen molar-refractivity contribution in [2.75, 3.05) is 12.1 Å². The fourth-order valence-electron chi connectivity index (χ4n) is 3.45. The minimum atomic E-state index is -0.247. The summed E-state index contributed by atoms with van der Waals surface area (Å²) in [5, 5.41) is 12.8. The highest BCUT2D eigenvalue weighted by molar-refractivity contribution is 6.31. The molecule has 1 aliphatic rings. The number of ether oxygens (including phenoxy) is 2. The van der Waals surface area contributed by atoms with E-state index in [9.17, 15) is 0 Å². The maximum absolute atomic E-state index is 6.36. The summed E-state index contributed by atoms with van der Waals surface area (Å²) < 4.78 is 12.6. The first-order chi connectivity index (χ1) is 15.4. The van der Waals surface area contributed by atoms with Crippen molar-refractivity contribution in [2.45, 2.75) is 39.3 Å². The normalized spacial score (nSPS) is 12.6. The lowest BCUT2D eigenvalue weighted by molar-refractivity contribution is -0.00000850. The predicted molar refractivity (Wildman–Crippen MR) is 122 cm³/mol. The van der Waals surface area contributed by atoms with E-state index in [2.05, 4.69) is 36.4 Å². The quantitative estimate of drug-likeness (QED) is 0.458. The molecule has 4 aromatic rings. The van der Waals surface area contributed by atoms with E-state index in [0.717, 1.165) is 22.6 Å². The van der Waals surface area contributed by atoms with Gasteiger partial charge in [0, 0.05) is 17.0 Å². The van der Waals surface area contributed by atoms with Gasteiger partial charge in [0.05, 0.1) is 6.54 Å². The van der Waals surface area contributed by atoms with Gasteiger partial charge >= 0.3 is 0 Å². The summed E-state index contributed by atoms with van der Waals surface area (Å²) in [6, 6.07) is 13.6. The lowest BCUT2D eigenvalue weighted by Gasteiger charge is -2.18. The van der Waals surface area contributed by atoms with Crippen LogP contribution >= 0.6 is 11.6 Å². The van der Waals surface area contributed by atoms with Gasteiger partial charge in [-0.05, 0) is 29.3 Å². The molecule has 0 aliphatic carbocycles. The summed E-state index contributed by atoms with van der Waals surface area (Å²) in [5.74, 6) is 2.86. The van der Waals surface area contributed by atoms with Crippen molar-refractivity contribution >= 4 is 28.6 Å². The molecule has 8 nitrogen and oxygen atoms in total. The summed E-state index contributed by atoms with van der Waals surface area (Å²) in [6.45, 7) is 7.51. The number of anilines is 1. The molecule has 10 heteroatoms. The Labute approximate surface area is 202 Å². The smallest absolute Gasteiger partial charge is 0.231 e. The Kier molecular flexibility index (Phi) is 6.32. The molecule has 1 N–H and O–H groups in total. The van der Waals surface area contributed by atoms with Crippen molar-refractivity contribution in [3.05, 3.63) is 64.4 Å². The molecule has 172 valence electrons. The summed E-state index contributed by atoms with van der Waals surface area (Å²) in [7, 11) is 0. The molecule has 0 atom stereocenters. The molecule has 0 amide bonds. The first-order valence-electron chi connectivity index (χ1n) is 10.4. The molecule has 0 fully saturated rings. The Hall–Kier alpha value is -3.10. The highest BCUT2D eigenvalue weighted by Gasteiger charge is 2.23. The van der Waals surface area contributed by atoms with Gasteiger partial charge in [-0.15, -0.1) is 5.10 Å². The second kappa shape index (κ2) is 9.03. The third-order valence-electron chi connectivity index (χ3n) is 5.21. The van der Waals surface area contributed by atoms with Crippen molar-refractivity contribution in [3.8, 4) is 11.5 Å². The Morgan fingerprint density at radius 3 is 2.64 bits per heavy atom. The number of nitrogens with zero attached hydrogens (tertiary/aromatic N) is 5. The van der Waals surface area contributed by atoms with E-state index < -0.39 is 0 Å². The largest absolute Gasteiger partial charge is 1.00 e. The van der Waals surface area contributed by atoms with E-state index >= 15 is 0 Å². The molecular formula is C23H23Cl2N6O2-. The van der Waals surface area contributed by atoms with Gasteiger partial charge in [0.25, 0.3) is 0 Å². The summed E-state index contributed by atoms with van der Waals surface area (Å²) >= 11 is 6.36. The van der Waals surface area contributed by atoms with Crippen LogP contribution in [0.1, 0.15) is 37.7 Å². The number of rotatable bonds is 5. The Morgan fingerprint density at radius 2 is 1.85 bits per heavy atom. The van der Waals surface area contributed by atoms with E-state index in [0.29, 0.717) is 40.9 Å². The van der Waals surface area contributed by atoms with Crippen LogP contribution in [-0.4, -0.2) is 31.8 Å². The van der Waals surface area contributed by atoms with Crippen LogP contribution in [-0.2, 0) is 18.5 Å². The number of hydrogen-bond donors (Lipinski definition) is 1. The summed E-state index contributed by atoms with van der Waals surface area (Å²) in [6.07, 6.45) is 0. The van der Waals surface area contributed by atoms with Crippen LogP contribution in [0.2, 0.25) is 5.02 Å². The second-order valence-electron chi connectivity index (χ2n) is 8.70.